The van der Waals surface area contributed by atoms with Crippen molar-refractivity contribution in [3.05, 3.63) is 81.9 Å². The average Bonchev–Trinajstić information content (AvgIpc) is 3.16. The minimum Gasteiger partial charge on any atom is -0.355 e. The first-order valence-corrected chi connectivity index (χ1v) is 13.6. The van der Waals surface area contributed by atoms with Gasteiger partial charge in [-0.25, -0.2) is 0 Å². The molecule has 0 radical (unpaired) electrons. The van der Waals surface area contributed by atoms with Gasteiger partial charge in [0.2, 0.25) is 23.6 Å². The molecule has 7 nitrogen and oxygen atoms in total. The van der Waals surface area contributed by atoms with Crippen LogP contribution in [0.3, 0.4) is 0 Å². The van der Waals surface area contributed by atoms with E-state index in [-0.39, 0.29) is 61.4 Å². The predicted molar refractivity (Wildman–Crippen MR) is 146 cm³/mol. The van der Waals surface area contributed by atoms with Gasteiger partial charge in [0.05, 0.1) is 11.8 Å². The summed E-state index contributed by atoms with van der Waals surface area (Å²) >= 11 is 12.9. The molecule has 1 heterocycles. The van der Waals surface area contributed by atoms with Crippen molar-refractivity contribution in [2.45, 2.75) is 45.2 Å². The Hall–Kier alpha value is -3.16. The van der Waals surface area contributed by atoms with Gasteiger partial charge in [-0.05, 0) is 37.5 Å². The van der Waals surface area contributed by atoms with Gasteiger partial charge < -0.3 is 10.2 Å². The highest BCUT2D eigenvalue weighted by Gasteiger charge is 2.47. The number of halogens is 2. The fraction of sp³-hybridized carbons (Fsp3) is 0.379. The second-order valence-electron chi connectivity index (χ2n) is 9.56. The molecule has 1 N–H and O–H groups in total. The molecule has 38 heavy (non-hydrogen) atoms. The minimum absolute atomic E-state index is 0.00301. The number of rotatable bonds is 10. The van der Waals surface area contributed by atoms with Crippen molar-refractivity contribution in [3.8, 4) is 0 Å². The van der Waals surface area contributed by atoms with Crippen LogP contribution in [0.2, 0.25) is 10.0 Å². The number of likely N-dealkylation sites (N-methyl/N-ethyl adjacent to an activating group) is 1. The van der Waals surface area contributed by atoms with Crippen molar-refractivity contribution in [2.75, 3.05) is 13.1 Å². The third-order valence-corrected chi connectivity index (χ3v) is 7.87. The summed E-state index contributed by atoms with van der Waals surface area (Å²) in [6.07, 6.45) is 5.09. The Bertz CT molecular complexity index is 1190. The molecule has 1 unspecified atom stereocenters. The molecule has 200 valence electrons. The molecule has 4 rings (SSSR count). The van der Waals surface area contributed by atoms with E-state index in [9.17, 15) is 19.2 Å². The summed E-state index contributed by atoms with van der Waals surface area (Å²) < 4.78 is 0. The second kappa shape index (κ2) is 12.6. The third kappa shape index (κ3) is 6.11. The zero-order chi connectivity index (χ0) is 27.2. The van der Waals surface area contributed by atoms with E-state index in [2.05, 4.69) is 5.32 Å². The Morgan fingerprint density at radius 2 is 1.58 bits per heavy atom. The number of fused-ring (bicyclic) bond motifs is 1. The molecule has 9 heteroatoms. The number of hydrogen-bond acceptors (Lipinski definition) is 4. The summed E-state index contributed by atoms with van der Waals surface area (Å²) in [6, 6.07) is 13.7. The van der Waals surface area contributed by atoms with E-state index in [0.29, 0.717) is 35.0 Å². The number of likely N-dealkylation sites (tertiary alicyclic amines) is 1. The summed E-state index contributed by atoms with van der Waals surface area (Å²) in [5.41, 5.74) is 1.41. The lowest BCUT2D eigenvalue weighted by molar-refractivity contribution is -0.144. The Kier molecular flexibility index (Phi) is 9.23. The molecular weight excluding hydrogens is 525 g/mol. The van der Waals surface area contributed by atoms with Gasteiger partial charge in [-0.2, -0.15) is 0 Å². The number of hydrogen-bond donors (Lipinski definition) is 1. The Labute approximate surface area is 232 Å². The maximum Gasteiger partial charge on any atom is 0.243 e. The lowest BCUT2D eigenvalue weighted by atomic mass is 9.85. The van der Waals surface area contributed by atoms with Crippen molar-refractivity contribution in [2.24, 2.45) is 11.8 Å². The molecule has 1 saturated heterocycles. The molecule has 1 aliphatic heterocycles. The molecule has 1 fully saturated rings. The van der Waals surface area contributed by atoms with Crippen molar-refractivity contribution in [1.29, 1.82) is 0 Å². The largest absolute Gasteiger partial charge is 0.355 e. The Morgan fingerprint density at radius 3 is 2.16 bits per heavy atom. The Morgan fingerprint density at radius 1 is 0.974 bits per heavy atom. The van der Waals surface area contributed by atoms with E-state index in [0.717, 1.165) is 5.56 Å². The summed E-state index contributed by atoms with van der Waals surface area (Å²) in [6.45, 7) is 2.17. The van der Waals surface area contributed by atoms with Gasteiger partial charge in [0.1, 0.15) is 6.04 Å². The van der Waals surface area contributed by atoms with Gasteiger partial charge in [0.15, 0.2) is 0 Å². The van der Waals surface area contributed by atoms with Crippen LogP contribution in [0.25, 0.3) is 0 Å². The molecule has 0 aromatic heterocycles. The summed E-state index contributed by atoms with van der Waals surface area (Å²) in [5.74, 6) is -1.87. The quantitative estimate of drug-likeness (QED) is 0.347. The van der Waals surface area contributed by atoms with Crippen LogP contribution in [-0.2, 0) is 32.1 Å². The maximum atomic E-state index is 13.8. The first kappa shape index (κ1) is 27.9. The van der Waals surface area contributed by atoms with Gasteiger partial charge in [0.25, 0.3) is 0 Å². The molecule has 0 saturated carbocycles. The molecule has 3 atom stereocenters. The molecule has 1 aliphatic carbocycles. The SMILES string of the molecule is CCNC(=O)C(Cc1ccccc1)N(Cc1c(Cl)cccc1Cl)C(=O)CCN1C(=O)[C@H]2CC=CC[C@H]2C1=O. The topological polar surface area (TPSA) is 86.8 Å². The number of benzene rings is 2. The van der Waals surface area contributed by atoms with Crippen LogP contribution >= 0.6 is 23.2 Å². The smallest absolute Gasteiger partial charge is 0.243 e. The van der Waals surface area contributed by atoms with Crippen molar-refractivity contribution < 1.29 is 19.2 Å². The van der Waals surface area contributed by atoms with Crippen LogP contribution in [0, 0.1) is 11.8 Å². The monoisotopic (exact) mass is 555 g/mol. The van der Waals surface area contributed by atoms with Crippen LogP contribution in [0.15, 0.2) is 60.7 Å². The van der Waals surface area contributed by atoms with Crippen molar-refractivity contribution >= 4 is 46.8 Å². The second-order valence-corrected chi connectivity index (χ2v) is 10.4. The molecule has 2 aromatic rings. The van der Waals surface area contributed by atoms with Crippen molar-refractivity contribution in [1.82, 2.24) is 15.1 Å². The van der Waals surface area contributed by atoms with Gasteiger partial charge in [-0.15, -0.1) is 0 Å². The van der Waals surface area contributed by atoms with E-state index >= 15 is 0 Å². The molecule has 4 amide bonds. The van der Waals surface area contributed by atoms with Gasteiger partial charge in [-0.1, -0.05) is 71.8 Å². The first-order chi connectivity index (χ1) is 18.3. The minimum atomic E-state index is -0.853. The molecule has 0 bridgehead atoms. The van der Waals surface area contributed by atoms with Crippen LogP contribution < -0.4 is 5.32 Å². The highest BCUT2D eigenvalue weighted by Crippen LogP contribution is 2.35. The Balaban J connectivity index is 1.61. The van der Waals surface area contributed by atoms with Crippen molar-refractivity contribution in [3.63, 3.8) is 0 Å². The highest BCUT2D eigenvalue weighted by atomic mass is 35.5. The number of nitrogens with zero attached hydrogens (tertiary/aromatic N) is 2. The summed E-state index contributed by atoms with van der Waals surface area (Å²) in [7, 11) is 0. The third-order valence-electron chi connectivity index (χ3n) is 7.16. The number of carbonyl (C=O) groups is 4. The van der Waals surface area contributed by atoms with Crippen LogP contribution in [0.1, 0.15) is 37.3 Å². The van der Waals surface area contributed by atoms with Crippen LogP contribution in [-0.4, -0.2) is 52.6 Å². The molecule has 0 spiro atoms. The summed E-state index contributed by atoms with van der Waals surface area (Å²) in [4.78, 5) is 55.6. The highest BCUT2D eigenvalue weighted by molar-refractivity contribution is 6.36. The van der Waals surface area contributed by atoms with E-state index < -0.39 is 6.04 Å². The molecule has 2 aliphatic rings. The fourth-order valence-corrected chi connectivity index (χ4v) is 5.66. The lowest BCUT2D eigenvalue weighted by Crippen LogP contribution is -2.51. The van der Waals surface area contributed by atoms with Gasteiger partial charge in [-0.3, -0.25) is 24.1 Å². The zero-order valence-corrected chi connectivity index (χ0v) is 22.8. The average molecular weight is 556 g/mol. The molecule has 2 aromatic carbocycles. The van der Waals surface area contributed by atoms with E-state index in [1.807, 2.05) is 49.4 Å². The standard InChI is InChI=1S/C29H31Cl2N3O4/c1-2-32-27(36)25(17-19-9-4-3-5-10-19)34(18-22-23(30)13-8-14-24(22)31)26(35)15-16-33-28(37)20-11-6-7-12-21(20)29(33)38/h3-10,13-14,20-21,25H,2,11-12,15-18H2,1H3,(H,32,36)/t20-,21+,25?. The number of allylic oxidation sites excluding steroid dienone is 2. The van der Waals surface area contributed by atoms with E-state index in [4.69, 9.17) is 23.2 Å². The van der Waals surface area contributed by atoms with Crippen LogP contribution in [0.5, 0.6) is 0 Å². The maximum absolute atomic E-state index is 13.8. The fourth-order valence-electron chi connectivity index (χ4n) is 5.14. The number of nitrogens with one attached hydrogen (secondary N) is 1. The summed E-state index contributed by atoms with van der Waals surface area (Å²) in [5, 5.41) is 3.60. The zero-order valence-electron chi connectivity index (χ0n) is 21.2. The predicted octanol–water partition coefficient (Wildman–Crippen LogP) is 4.41. The van der Waals surface area contributed by atoms with Crippen LogP contribution in [0.4, 0.5) is 0 Å². The number of carbonyl (C=O) groups excluding carboxylic acids is 4. The molecular formula is C29H31Cl2N3O4. The van der Waals surface area contributed by atoms with Gasteiger partial charge in [0, 0.05) is 48.1 Å². The van der Waals surface area contributed by atoms with E-state index in [1.165, 1.54) is 9.80 Å². The first-order valence-electron chi connectivity index (χ1n) is 12.9. The normalized spacial score (nSPS) is 19.3. The number of imide groups is 1. The lowest BCUT2D eigenvalue weighted by Gasteiger charge is -2.32. The van der Waals surface area contributed by atoms with Gasteiger partial charge >= 0.3 is 0 Å². The number of amides is 4. The van der Waals surface area contributed by atoms with E-state index in [1.54, 1.807) is 18.2 Å².